The lowest BCUT2D eigenvalue weighted by Crippen LogP contribution is -2.28. The largest absolute Gasteiger partial charge is 0.490 e. The molecule has 4 rings (SSSR count). The van der Waals surface area contributed by atoms with Crippen molar-refractivity contribution >= 4 is 40.6 Å². The summed E-state index contributed by atoms with van der Waals surface area (Å²) in [5, 5.41) is 9.87. The second-order valence-corrected chi connectivity index (χ2v) is 9.53. The smallest absolute Gasteiger partial charge is 0.338 e. The van der Waals surface area contributed by atoms with Gasteiger partial charge in [-0.05, 0) is 80.6 Å². The van der Waals surface area contributed by atoms with E-state index in [1.807, 2.05) is 44.2 Å². The van der Waals surface area contributed by atoms with Crippen molar-refractivity contribution in [2.75, 3.05) is 19.8 Å². The number of carbonyl (C=O) groups excluding carboxylic acids is 2. The molecule has 0 unspecified atom stereocenters. The molecule has 0 atom stereocenters. The number of likely N-dealkylation sites (N-methyl/N-ethyl adjacent to an activating group) is 1. The Labute approximate surface area is 237 Å². The summed E-state index contributed by atoms with van der Waals surface area (Å²) in [5.74, 6) is 0.512. The Kier molecular flexibility index (Phi) is 9.60. The third-order valence-corrected chi connectivity index (χ3v) is 6.88. The van der Waals surface area contributed by atoms with Gasteiger partial charge in [-0.15, -0.1) is 0 Å². The van der Waals surface area contributed by atoms with Crippen LogP contribution in [0.5, 0.6) is 11.5 Å². The maximum atomic E-state index is 13.2. The molecule has 1 amide bonds. The summed E-state index contributed by atoms with van der Waals surface area (Å²) in [6.45, 7) is 6.91. The molecule has 3 aromatic rings. The number of thioether (sulfide) groups is 1. The zero-order valence-electron chi connectivity index (χ0n) is 22.5. The average Bonchev–Trinajstić information content (AvgIpc) is 3.26. The molecule has 1 heterocycles. The van der Waals surface area contributed by atoms with Gasteiger partial charge in [0.15, 0.2) is 16.7 Å². The number of rotatable bonds is 10. The average molecular weight is 556 g/mol. The maximum absolute atomic E-state index is 13.2. The number of aliphatic imine (C=N–C) groups is 1. The lowest BCUT2D eigenvalue weighted by Gasteiger charge is -2.13. The maximum Gasteiger partial charge on any atom is 0.338 e. The van der Waals surface area contributed by atoms with Crippen molar-refractivity contribution in [3.8, 4) is 17.6 Å². The molecular formula is C31H29N3O5S. The molecule has 0 bridgehead atoms. The van der Waals surface area contributed by atoms with Crippen LogP contribution >= 0.6 is 11.8 Å². The highest BCUT2D eigenvalue weighted by Gasteiger charge is 2.32. The van der Waals surface area contributed by atoms with Crippen LogP contribution in [0.25, 0.3) is 6.08 Å². The quantitative estimate of drug-likeness (QED) is 0.213. The Balaban J connectivity index is 1.57. The molecule has 1 fully saturated rings. The molecule has 3 aromatic carbocycles. The van der Waals surface area contributed by atoms with Crippen molar-refractivity contribution < 1.29 is 23.8 Å². The highest BCUT2D eigenvalue weighted by molar-refractivity contribution is 8.18. The molecule has 0 aromatic heterocycles. The summed E-state index contributed by atoms with van der Waals surface area (Å²) in [7, 11) is 0. The Hall–Kier alpha value is -4.55. The highest BCUT2D eigenvalue weighted by Crippen LogP contribution is 2.36. The summed E-state index contributed by atoms with van der Waals surface area (Å²) in [5.41, 5.74) is 3.07. The van der Waals surface area contributed by atoms with Gasteiger partial charge in [0.25, 0.3) is 5.91 Å². The van der Waals surface area contributed by atoms with E-state index < -0.39 is 5.97 Å². The first kappa shape index (κ1) is 28.5. The van der Waals surface area contributed by atoms with Crippen LogP contribution in [0.4, 0.5) is 5.69 Å². The predicted molar refractivity (Wildman–Crippen MR) is 156 cm³/mol. The van der Waals surface area contributed by atoms with Gasteiger partial charge in [-0.25, -0.2) is 9.79 Å². The number of nitriles is 1. The van der Waals surface area contributed by atoms with Gasteiger partial charge in [0, 0.05) is 12.1 Å². The molecule has 0 radical (unpaired) electrons. The molecule has 1 saturated heterocycles. The molecule has 0 aliphatic carbocycles. The molecule has 0 N–H and O–H groups in total. The highest BCUT2D eigenvalue weighted by atomic mass is 32.2. The minimum Gasteiger partial charge on any atom is -0.490 e. The number of hydrogen-bond acceptors (Lipinski definition) is 8. The lowest BCUT2D eigenvalue weighted by molar-refractivity contribution is -0.122. The SMILES string of the molecule is CCOC(=O)c1cccc(N=C2SC(=Cc3ccc(OCc4ccccc4C#N)c(OCC)c3)C(=O)N2CC)c1. The number of esters is 1. The Morgan fingerprint density at radius 2 is 1.82 bits per heavy atom. The first-order valence-electron chi connectivity index (χ1n) is 12.9. The summed E-state index contributed by atoms with van der Waals surface area (Å²) in [6.07, 6.45) is 1.80. The van der Waals surface area contributed by atoms with Crippen molar-refractivity contribution in [3.63, 3.8) is 0 Å². The van der Waals surface area contributed by atoms with E-state index in [0.717, 1.165) is 11.1 Å². The topological polar surface area (TPSA) is 101 Å². The summed E-state index contributed by atoms with van der Waals surface area (Å²) >= 11 is 1.27. The summed E-state index contributed by atoms with van der Waals surface area (Å²) < 4.78 is 16.9. The van der Waals surface area contributed by atoms with Gasteiger partial charge in [-0.1, -0.05) is 30.3 Å². The fourth-order valence-corrected chi connectivity index (χ4v) is 5.02. The number of amides is 1. The van der Waals surface area contributed by atoms with Gasteiger partial charge in [0.05, 0.1) is 41.0 Å². The van der Waals surface area contributed by atoms with Crippen LogP contribution in [0.3, 0.4) is 0 Å². The van der Waals surface area contributed by atoms with Crippen molar-refractivity contribution in [1.29, 1.82) is 5.26 Å². The first-order valence-corrected chi connectivity index (χ1v) is 13.7. The van der Waals surface area contributed by atoms with E-state index >= 15 is 0 Å². The summed E-state index contributed by atoms with van der Waals surface area (Å²) in [4.78, 5) is 32.1. The van der Waals surface area contributed by atoms with Gasteiger partial charge < -0.3 is 14.2 Å². The number of carbonyl (C=O) groups is 2. The summed E-state index contributed by atoms with van der Waals surface area (Å²) in [6, 6.07) is 21.8. The zero-order chi connectivity index (χ0) is 28.5. The molecule has 204 valence electrons. The number of benzene rings is 3. The molecule has 0 spiro atoms. The van der Waals surface area contributed by atoms with Crippen molar-refractivity contribution in [3.05, 3.63) is 93.9 Å². The molecule has 40 heavy (non-hydrogen) atoms. The minimum atomic E-state index is -0.417. The third kappa shape index (κ3) is 6.71. The van der Waals surface area contributed by atoms with Gasteiger partial charge in [-0.3, -0.25) is 9.69 Å². The first-order chi connectivity index (χ1) is 19.5. The fraction of sp³-hybridized carbons (Fsp3) is 0.226. The van der Waals surface area contributed by atoms with Crippen LogP contribution in [0.2, 0.25) is 0 Å². The zero-order valence-corrected chi connectivity index (χ0v) is 23.4. The van der Waals surface area contributed by atoms with E-state index in [2.05, 4.69) is 11.1 Å². The molecule has 9 heteroatoms. The Morgan fingerprint density at radius 1 is 1.00 bits per heavy atom. The van der Waals surface area contributed by atoms with Crippen LogP contribution in [0.1, 0.15) is 47.8 Å². The van der Waals surface area contributed by atoms with E-state index in [-0.39, 0.29) is 19.1 Å². The van der Waals surface area contributed by atoms with Crippen LogP contribution in [0, 0.1) is 11.3 Å². The van der Waals surface area contributed by atoms with Gasteiger partial charge >= 0.3 is 5.97 Å². The number of hydrogen-bond donors (Lipinski definition) is 0. The Bertz CT molecular complexity index is 1510. The number of amidine groups is 1. The standard InChI is InChI=1S/C31H29N3O5S/c1-4-34-29(35)28(40-31(34)33-25-13-9-12-22(18-25)30(36)38-6-3)17-21-14-15-26(27(16-21)37-5-2)39-20-24-11-8-7-10-23(24)19-32/h7-18H,4-6,20H2,1-3H3. The van der Waals surface area contributed by atoms with Crippen LogP contribution in [-0.4, -0.2) is 41.7 Å². The lowest BCUT2D eigenvalue weighted by atomic mass is 10.1. The van der Waals surface area contributed by atoms with E-state index in [1.54, 1.807) is 54.3 Å². The fourth-order valence-electron chi connectivity index (χ4n) is 3.96. The molecule has 1 aliphatic rings. The van der Waals surface area contributed by atoms with E-state index in [4.69, 9.17) is 14.2 Å². The second-order valence-electron chi connectivity index (χ2n) is 8.52. The van der Waals surface area contributed by atoms with Gasteiger partial charge in [-0.2, -0.15) is 5.26 Å². The monoisotopic (exact) mass is 555 g/mol. The molecule has 1 aliphatic heterocycles. The van der Waals surface area contributed by atoms with Crippen LogP contribution < -0.4 is 9.47 Å². The second kappa shape index (κ2) is 13.5. The van der Waals surface area contributed by atoms with Crippen molar-refractivity contribution in [2.24, 2.45) is 4.99 Å². The van der Waals surface area contributed by atoms with Crippen LogP contribution in [-0.2, 0) is 16.1 Å². The van der Waals surface area contributed by atoms with Crippen LogP contribution in [0.15, 0.2) is 76.6 Å². The molecule has 8 nitrogen and oxygen atoms in total. The van der Waals surface area contributed by atoms with Crippen molar-refractivity contribution in [2.45, 2.75) is 27.4 Å². The normalized spacial score (nSPS) is 14.8. The van der Waals surface area contributed by atoms with E-state index in [0.29, 0.717) is 51.5 Å². The van der Waals surface area contributed by atoms with Gasteiger partial charge in [0.2, 0.25) is 0 Å². The number of nitrogens with zero attached hydrogens (tertiary/aromatic N) is 3. The predicted octanol–water partition coefficient (Wildman–Crippen LogP) is 6.34. The molecule has 0 saturated carbocycles. The Morgan fingerprint density at radius 3 is 2.58 bits per heavy atom. The molecular weight excluding hydrogens is 526 g/mol. The third-order valence-electron chi connectivity index (χ3n) is 5.87. The van der Waals surface area contributed by atoms with Gasteiger partial charge in [0.1, 0.15) is 6.61 Å². The van der Waals surface area contributed by atoms with E-state index in [9.17, 15) is 14.9 Å². The van der Waals surface area contributed by atoms with Crippen molar-refractivity contribution in [1.82, 2.24) is 4.90 Å². The number of ether oxygens (including phenoxy) is 3. The minimum absolute atomic E-state index is 0.154. The van der Waals surface area contributed by atoms with E-state index in [1.165, 1.54) is 11.8 Å².